The lowest BCUT2D eigenvalue weighted by atomic mass is 9.88. The molecule has 2 aliphatic heterocycles. The van der Waals surface area contributed by atoms with E-state index in [1.54, 1.807) is 31.3 Å². The van der Waals surface area contributed by atoms with Crippen molar-refractivity contribution in [2.75, 3.05) is 13.1 Å². The summed E-state index contributed by atoms with van der Waals surface area (Å²) in [7, 11) is 0. The number of amidine groups is 1. The van der Waals surface area contributed by atoms with Crippen LogP contribution in [0.15, 0.2) is 48.7 Å². The van der Waals surface area contributed by atoms with E-state index in [1.807, 2.05) is 17.6 Å². The predicted molar refractivity (Wildman–Crippen MR) is 160 cm³/mol. The molecule has 2 aromatic heterocycles. The number of pyridine rings is 1. The zero-order chi connectivity index (χ0) is 30.6. The Labute approximate surface area is 258 Å². The monoisotopic (exact) mass is 615 g/mol. The number of nitrogens with zero attached hydrogens (tertiary/aromatic N) is 5. The number of likely N-dealkylation sites (tertiary alicyclic amines) is 1. The molecule has 3 aliphatic rings. The van der Waals surface area contributed by atoms with Gasteiger partial charge >= 0.3 is 0 Å². The number of nitrogens with one attached hydrogen (secondary N) is 2. The molecule has 0 amide bonds. The van der Waals surface area contributed by atoms with E-state index >= 15 is 0 Å². The van der Waals surface area contributed by atoms with Crippen molar-refractivity contribution in [3.05, 3.63) is 82.1 Å². The number of aromatic nitrogens is 3. The molecule has 1 atom stereocenters. The summed E-state index contributed by atoms with van der Waals surface area (Å²) < 4.78 is 29.5. The molecule has 44 heavy (non-hydrogen) atoms. The second-order valence-corrected chi connectivity index (χ2v) is 12.5. The van der Waals surface area contributed by atoms with Gasteiger partial charge in [-0.2, -0.15) is 5.26 Å². The van der Waals surface area contributed by atoms with Crippen molar-refractivity contribution in [3.8, 4) is 17.6 Å². The highest BCUT2D eigenvalue weighted by atomic mass is 35.5. The van der Waals surface area contributed by atoms with Crippen molar-refractivity contribution in [2.24, 2.45) is 5.41 Å². The molecule has 0 bridgehead atoms. The number of imidazole rings is 1. The molecule has 10 nitrogen and oxygen atoms in total. The third-order valence-electron chi connectivity index (χ3n) is 9.06. The molecule has 4 aromatic rings. The van der Waals surface area contributed by atoms with Gasteiger partial charge in [0.25, 0.3) is 5.79 Å². The molecule has 1 saturated carbocycles. The van der Waals surface area contributed by atoms with E-state index in [1.165, 1.54) is 6.07 Å². The average molecular weight is 616 g/mol. The minimum atomic E-state index is -1.30. The summed E-state index contributed by atoms with van der Waals surface area (Å²) in [5.41, 5.74) is 4.56. The maximum absolute atomic E-state index is 14.8. The first-order valence-electron chi connectivity index (χ1n) is 14.7. The fraction of sp³-hybridized carbons (Fsp3) is 0.375. The third-order valence-corrected chi connectivity index (χ3v) is 9.29. The largest absolute Gasteiger partial charge is 0.444 e. The molecule has 0 spiro atoms. The molecular weight excluding hydrogens is 585 g/mol. The Morgan fingerprint density at radius 1 is 1.23 bits per heavy atom. The number of para-hydroxylation sites is 1. The van der Waals surface area contributed by atoms with Crippen LogP contribution in [0.1, 0.15) is 61.2 Å². The lowest BCUT2D eigenvalue weighted by Crippen LogP contribution is -2.34. The van der Waals surface area contributed by atoms with Gasteiger partial charge in [0.05, 0.1) is 40.8 Å². The maximum atomic E-state index is 14.8. The molecule has 3 N–H and O–H groups in total. The number of rotatable bonds is 7. The number of piperidine rings is 1. The van der Waals surface area contributed by atoms with Crippen molar-refractivity contribution in [1.29, 1.82) is 10.7 Å². The summed E-state index contributed by atoms with van der Waals surface area (Å²) in [6.07, 6.45) is 5.15. The van der Waals surface area contributed by atoms with E-state index in [2.05, 4.69) is 26.6 Å². The lowest BCUT2D eigenvalue weighted by molar-refractivity contribution is -0.0712. The topological polar surface area (TPSA) is 132 Å². The van der Waals surface area contributed by atoms with Gasteiger partial charge in [-0.1, -0.05) is 23.7 Å². The van der Waals surface area contributed by atoms with E-state index in [9.17, 15) is 9.65 Å². The first kappa shape index (κ1) is 28.5. The summed E-state index contributed by atoms with van der Waals surface area (Å²) in [6.45, 7) is 4.52. The molecule has 1 saturated heterocycles. The Hall–Kier alpha value is -4.24. The number of halogens is 2. The van der Waals surface area contributed by atoms with Crippen LogP contribution in [0.4, 0.5) is 4.39 Å². The van der Waals surface area contributed by atoms with Gasteiger partial charge in [0, 0.05) is 24.1 Å². The molecule has 2 aromatic carbocycles. The molecule has 12 heteroatoms. The van der Waals surface area contributed by atoms with Crippen molar-refractivity contribution in [2.45, 2.75) is 57.4 Å². The number of hydrogen-bond acceptors (Lipinski definition) is 8. The van der Waals surface area contributed by atoms with Crippen molar-refractivity contribution in [1.82, 2.24) is 24.9 Å². The smallest absolute Gasteiger partial charge is 0.278 e. The van der Waals surface area contributed by atoms with Gasteiger partial charge < -0.3 is 14.0 Å². The molecule has 4 heterocycles. The van der Waals surface area contributed by atoms with Gasteiger partial charge in [-0.05, 0) is 75.0 Å². The zero-order valence-electron chi connectivity index (χ0n) is 24.1. The first-order valence-corrected chi connectivity index (χ1v) is 15.0. The minimum absolute atomic E-state index is 0.207. The van der Waals surface area contributed by atoms with Crippen LogP contribution in [0.5, 0.6) is 11.5 Å². The van der Waals surface area contributed by atoms with E-state index in [-0.39, 0.29) is 28.4 Å². The Morgan fingerprint density at radius 3 is 2.73 bits per heavy atom. The van der Waals surface area contributed by atoms with Gasteiger partial charge in [-0.3, -0.25) is 26.0 Å². The summed E-state index contributed by atoms with van der Waals surface area (Å²) >= 11 is 5.97. The molecule has 0 unspecified atom stereocenters. The van der Waals surface area contributed by atoms with Gasteiger partial charge in [-0.15, -0.1) is 0 Å². The van der Waals surface area contributed by atoms with E-state index in [4.69, 9.17) is 36.7 Å². The van der Waals surface area contributed by atoms with Crippen LogP contribution >= 0.6 is 11.6 Å². The lowest BCUT2D eigenvalue weighted by Gasteiger charge is -2.32. The first-order chi connectivity index (χ1) is 21.2. The highest BCUT2D eigenvalue weighted by Gasteiger charge is 2.45. The van der Waals surface area contributed by atoms with Crippen LogP contribution in [0.25, 0.3) is 11.0 Å². The predicted octanol–water partition coefficient (Wildman–Crippen LogP) is 5.86. The van der Waals surface area contributed by atoms with Crippen molar-refractivity contribution >= 4 is 28.5 Å². The molecule has 1 aliphatic carbocycles. The van der Waals surface area contributed by atoms with Gasteiger partial charge in [0.15, 0.2) is 17.3 Å². The third kappa shape index (κ3) is 5.03. The second-order valence-electron chi connectivity index (χ2n) is 12.1. The Kier molecular flexibility index (Phi) is 6.96. The number of hydrogen-bond donors (Lipinski definition) is 3. The Balaban J connectivity index is 1.09. The van der Waals surface area contributed by atoms with Crippen LogP contribution in [0.2, 0.25) is 5.02 Å². The van der Waals surface area contributed by atoms with Gasteiger partial charge in [0.1, 0.15) is 17.3 Å². The van der Waals surface area contributed by atoms with Gasteiger partial charge in [-0.25, -0.2) is 9.37 Å². The summed E-state index contributed by atoms with van der Waals surface area (Å²) in [4.78, 5) is 11.6. The van der Waals surface area contributed by atoms with E-state index in [0.717, 1.165) is 55.7 Å². The van der Waals surface area contributed by atoms with E-state index < -0.39 is 11.6 Å². The molecular formula is C32H31ClFN7O3. The molecule has 0 radical (unpaired) electrons. The summed E-state index contributed by atoms with van der Waals surface area (Å²) in [6, 6.07) is 14.5. The number of hydroxylamine groups is 1. The highest BCUT2D eigenvalue weighted by molar-refractivity contribution is 6.30. The zero-order valence-corrected chi connectivity index (χ0v) is 24.9. The highest BCUT2D eigenvalue weighted by Crippen LogP contribution is 2.50. The number of benzene rings is 2. The number of nitriles is 1. The summed E-state index contributed by atoms with van der Waals surface area (Å²) in [5.74, 6) is 0.350. The number of fused-ring (bicyclic) bond motifs is 2. The maximum Gasteiger partial charge on any atom is 0.278 e. The minimum Gasteiger partial charge on any atom is -0.444 e. The van der Waals surface area contributed by atoms with Crippen LogP contribution in [-0.4, -0.2) is 43.6 Å². The fourth-order valence-corrected chi connectivity index (χ4v) is 6.52. The summed E-state index contributed by atoms with van der Waals surface area (Å²) in [5, 5.41) is 27.1. The normalized spacial score (nSPS) is 20.9. The van der Waals surface area contributed by atoms with Crippen LogP contribution < -0.4 is 15.0 Å². The quantitative estimate of drug-likeness (QED) is 0.134. The van der Waals surface area contributed by atoms with Crippen LogP contribution in [0.3, 0.4) is 0 Å². The standard InChI is InChI=1S/C32H31ClFN7O3/c1-31(22-6-5-20(33)13-23(22)34)43-27-4-2-3-21(29(27)44-31)19-7-11-40(12-8-19)16-28-38-24-14-25(30(36)39-42)37-15-26(24)41(28)18-32(17-35)9-10-32/h2-6,13-15,19,42H,7-12,16,18H2,1H3,(H2,36,39)/t31-/m0/s1. The van der Waals surface area contributed by atoms with E-state index in [0.29, 0.717) is 35.1 Å². The SMILES string of the molecule is C[C@]1(c2ccc(Cl)cc2F)Oc2cccc(C3CCN(Cc4nc5cc(C(=N)NO)ncc5n4CC4(C#N)CC4)CC3)c2O1. The van der Waals surface area contributed by atoms with Gasteiger partial charge in [0.2, 0.25) is 0 Å². The van der Waals surface area contributed by atoms with Crippen LogP contribution in [-0.2, 0) is 18.9 Å². The van der Waals surface area contributed by atoms with Crippen molar-refractivity contribution < 1.29 is 19.1 Å². The molecule has 226 valence electrons. The number of ether oxygens (including phenoxy) is 2. The molecule has 7 rings (SSSR count). The fourth-order valence-electron chi connectivity index (χ4n) is 6.36. The second kappa shape index (κ2) is 10.7. The Bertz CT molecular complexity index is 1830. The van der Waals surface area contributed by atoms with Crippen molar-refractivity contribution in [3.63, 3.8) is 0 Å². The average Bonchev–Trinajstić information content (AvgIpc) is 3.60. The van der Waals surface area contributed by atoms with Crippen LogP contribution in [0, 0.1) is 28.0 Å². The Morgan fingerprint density at radius 2 is 2.02 bits per heavy atom. The molecule has 2 fully saturated rings.